The maximum absolute atomic E-state index is 10.7. The summed E-state index contributed by atoms with van der Waals surface area (Å²) in [6, 6.07) is 0. The maximum atomic E-state index is 10.7. The Bertz CT molecular complexity index is 109. The highest BCUT2D eigenvalue weighted by Gasteiger charge is 2.25. The number of ether oxygens (including phenoxy) is 1. The van der Waals surface area contributed by atoms with Crippen LogP contribution in [-0.2, 0) is 9.53 Å². The van der Waals surface area contributed by atoms with Crippen molar-refractivity contribution < 1.29 is 9.53 Å². The summed E-state index contributed by atoms with van der Waals surface area (Å²) in [4.78, 5) is 10.7. The summed E-state index contributed by atoms with van der Waals surface area (Å²) >= 11 is 0. The van der Waals surface area contributed by atoms with Gasteiger partial charge in [0, 0.05) is 6.42 Å². The van der Waals surface area contributed by atoms with E-state index in [1.54, 1.807) is 6.92 Å². The first-order chi connectivity index (χ1) is 3.70. The minimum atomic E-state index is -0.148. The van der Waals surface area contributed by atoms with Gasteiger partial charge in [-0.25, -0.2) is 0 Å². The molecule has 2 atom stereocenters. The third-order valence-electron chi connectivity index (χ3n) is 1.38. The maximum Gasteiger partial charge on any atom is 0.163 e. The van der Waals surface area contributed by atoms with Crippen LogP contribution < -0.4 is 0 Å². The first kappa shape index (κ1) is 5.76. The Morgan fingerprint density at radius 3 is 2.38 bits per heavy atom. The van der Waals surface area contributed by atoms with E-state index in [1.807, 2.05) is 6.92 Å². The quantitative estimate of drug-likeness (QED) is 0.464. The number of hydrogen-bond donors (Lipinski definition) is 0. The summed E-state index contributed by atoms with van der Waals surface area (Å²) in [5.74, 6) is 0.234. The summed E-state index contributed by atoms with van der Waals surface area (Å²) < 4.78 is 5.12. The van der Waals surface area contributed by atoms with Crippen LogP contribution in [0, 0.1) is 0 Å². The van der Waals surface area contributed by atoms with Crippen LogP contribution in [0.25, 0.3) is 0 Å². The van der Waals surface area contributed by atoms with Crippen molar-refractivity contribution in [1.82, 2.24) is 0 Å². The van der Waals surface area contributed by atoms with E-state index in [2.05, 4.69) is 0 Å². The van der Waals surface area contributed by atoms with Gasteiger partial charge in [0.05, 0.1) is 6.10 Å². The molecule has 8 heavy (non-hydrogen) atoms. The smallest absolute Gasteiger partial charge is 0.163 e. The molecule has 1 rings (SSSR count). The molecule has 0 saturated carbocycles. The average Bonchev–Trinajstić information content (AvgIpc) is 1.85. The molecule has 2 nitrogen and oxygen atoms in total. The summed E-state index contributed by atoms with van der Waals surface area (Å²) in [6.45, 7) is 3.72. The van der Waals surface area contributed by atoms with Crippen molar-refractivity contribution >= 4 is 5.78 Å². The first-order valence-corrected chi connectivity index (χ1v) is 2.88. The number of Topliss-reactive ketones (excluding diaryl/α,β-unsaturated/α-hetero) is 1. The standard InChI is InChI=1S/C6H10O2/c1-4-3-6(7)5(2)8-4/h4-5H,3H2,1-2H3/t4-,5+/m0/s1. The van der Waals surface area contributed by atoms with Crippen molar-refractivity contribution in [3.8, 4) is 0 Å². The van der Waals surface area contributed by atoms with Crippen molar-refractivity contribution in [2.75, 3.05) is 0 Å². The second-order valence-corrected chi connectivity index (χ2v) is 2.26. The van der Waals surface area contributed by atoms with Gasteiger partial charge in [0.2, 0.25) is 0 Å². The lowest BCUT2D eigenvalue weighted by Gasteiger charge is -1.99. The normalized spacial score (nSPS) is 38.5. The van der Waals surface area contributed by atoms with Gasteiger partial charge in [0.25, 0.3) is 0 Å². The van der Waals surface area contributed by atoms with Crippen LogP contribution in [-0.4, -0.2) is 18.0 Å². The highest BCUT2D eigenvalue weighted by molar-refractivity contribution is 5.84. The van der Waals surface area contributed by atoms with Crippen molar-refractivity contribution in [3.05, 3.63) is 0 Å². The van der Waals surface area contributed by atoms with Gasteiger partial charge in [-0.15, -0.1) is 0 Å². The highest BCUT2D eigenvalue weighted by Crippen LogP contribution is 2.13. The lowest BCUT2D eigenvalue weighted by molar-refractivity contribution is -0.121. The third-order valence-corrected chi connectivity index (χ3v) is 1.38. The minimum absolute atomic E-state index is 0.148. The molecule has 0 radical (unpaired) electrons. The van der Waals surface area contributed by atoms with E-state index in [0.29, 0.717) is 6.42 Å². The van der Waals surface area contributed by atoms with E-state index in [-0.39, 0.29) is 18.0 Å². The summed E-state index contributed by atoms with van der Waals surface area (Å²) in [6.07, 6.45) is 0.601. The van der Waals surface area contributed by atoms with E-state index < -0.39 is 0 Å². The van der Waals surface area contributed by atoms with Crippen molar-refractivity contribution in [2.45, 2.75) is 32.5 Å². The lowest BCUT2D eigenvalue weighted by Crippen LogP contribution is -2.08. The Kier molecular flexibility index (Phi) is 1.34. The predicted molar refractivity (Wildman–Crippen MR) is 29.6 cm³/mol. The molecule has 0 aliphatic carbocycles. The zero-order valence-corrected chi connectivity index (χ0v) is 5.18. The monoisotopic (exact) mass is 114 g/mol. The number of ketones is 1. The molecule has 0 unspecified atom stereocenters. The fourth-order valence-electron chi connectivity index (χ4n) is 0.922. The molecule has 1 heterocycles. The molecular formula is C6H10O2. The van der Waals surface area contributed by atoms with Gasteiger partial charge in [-0.1, -0.05) is 0 Å². The molecule has 0 bridgehead atoms. The van der Waals surface area contributed by atoms with E-state index in [4.69, 9.17) is 4.74 Å². The second-order valence-electron chi connectivity index (χ2n) is 2.26. The largest absolute Gasteiger partial charge is 0.367 e. The summed E-state index contributed by atoms with van der Waals surface area (Å²) in [7, 11) is 0. The van der Waals surface area contributed by atoms with Crippen LogP contribution in [0.2, 0.25) is 0 Å². The fraction of sp³-hybridized carbons (Fsp3) is 0.833. The second kappa shape index (κ2) is 1.86. The number of hydrogen-bond acceptors (Lipinski definition) is 2. The molecule has 46 valence electrons. The van der Waals surface area contributed by atoms with Gasteiger partial charge in [-0.05, 0) is 13.8 Å². The Labute approximate surface area is 48.8 Å². The van der Waals surface area contributed by atoms with E-state index >= 15 is 0 Å². The van der Waals surface area contributed by atoms with Crippen molar-refractivity contribution in [1.29, 1.82) is 0 Å². The predicted octanol–water partition coefficient (Wildman–Crippen LogP) is 0.753. The van der Waals surface area contributed by atoms with Crippen molar-refractivity contribution in [2.24, 2.45) is 0 Å². The molecule has 0 spiro atoms. The zero-order chi connectivity index (χ0) is 6.15. The molecule has 1 aliphatic heterocycles. The van der Waals surface area contributed by atoms with Crippen LogP contribution >= 0.6 is 0 Å². The molecule has 1 saturated heterocycles. The Balaban J connectivity index is 2.51. The zero-order valence-electron chi connectivity index (χ0n) is 5.18. The Hall–Kier alpha value is -0.370. The van der Waals surface area contributed by atoms with Crippen molar-refractivity contribution in [3.63, 3.8) is 0 Å². The van der Waals surface area contributed by atoms with Crippen LogP contribution in [0.4, 0.5) is 0 Å². The topological polar surface area (TPSA) is 26.3 Å². The third kappa shape index (κ3) is 0.892. The van der Waals surface area contributed by atoms with Crippen LogP contribution in [0.3, 0.4) is 0 Å². The van der Waals surface area contributed by atoms with Gasteiger partial charge in [0.15, 0.2) is 5.78 Å². The number of carbonyl (C=O) groups excluding carboxylic acids is 1. The average molecular weight is 114 g/mol. The fourth-order valence-corrected chi connectivity index (χ4v) is 0.922. The van der Waals surface area contributed by atoms with Gasteiger partial charge in [-0.3, -0.25) is 4.79 Å². The Morgan fingerprint density at radius 2 is 2.25 bits per heavy atom. The van der Waals surface area contributed by atoms with Gasteiger partial charge in [-0.2, -0.15) is 0 Å². The number of carbonyl (C=O) groups is 1. The minimum Gasteiger partial charge on any atom is -0.367 e. The molecule has 0 aromatic carbocycles. The molecule has 0 aromatic heterocycles. The van der Waals surface area contributed by atoms with Crippen LogP contribution in [0.1, 0.15) is 20.3 Å². The molecular weight excluding hydrogens is 104 g/mol. The van der Waals surface area contributed by atoms with Gasteiger partial charge in [0.1, 0.15) is 6.10 Å². The summed E-state index contributed by atoms with van der Waals surface area (Å²) in [5.41, 5.74) is 0. The van der Waals surface area contributed by atoms with E-state index in [9.17, 15) is 4.79 Å². The SMILES string of the molecule is C[C@H]1CC(=O)[C@@H](C)O1. The molecule has 0 amide bonds. The van der Waals surface area contributed by atoms with Gasteiger partial charge < -0.3 is 4.74 Å². The van der Waals surface area contributed by atoms with Crippen LogP contribution in [0.15, 0.2) is 0 Å². The molecule has 2 heteroatoms. The molecule has 1 fully saturated rings. The Morgan fingerprint density at radius 1 is 1.62 bits per heavy atom. The lowest BCUT2D eigenvalue weighted by atomic mass is 10.2. The van der Waals surface area contributed by atoms with E-state index in [0.717, 1.165) is 0 Å². The number of rotatable bonds is 0. The summed E-state index contributed by atoms with van der Waals surface area (Å²) in [5, 5.41) is 0. The molecule has 1 aliphatic rings. The van der Waals surface area contributed by atoms with E-state index in [1.165, 1.54) is 0 Å². The molecule has 0 N–H and O–H groups in total. The highest BCUT2D eigenvalue weighted by atomic mass is 16.5. The van der Waals surface area contributed by atoms with Crippen LogP contribution in [0.5, 0.6) is 0 Å². The first-order valence-electron chi connectivity index (χ1n) is 2.88. The molecule has 0 aromatic rings. The van der Waals surface area contributed by atoms with Gasteiger partial charge >= 0.3 is 0 Å².